The Hall–Kier alpha value is -1.84. The Morgan fingerprint density at radius 1 is 1.50 bits per heavy atom. The lowest BCUT2D eigenvalue weighted by molar-refractivity contribution is 0.0951. The van der Waals surface area contributed by atoms with Crippen molar-refractivity contribution in [1.29, 1.82) is 0 Å². The van der Waals surface area contributed by atoms with E-state index in [1.165, 1.54) is 0 Å². The van der Waals surface area contributed by atoms with E-state index in [2.05, 4.69) is 31.2 Å². The van der Waals surface area contributed by atoms with Gasteiger partial charge in [-0.1, -0.05) is 13.0 Å². The van der Waals surface area contributed by atoms with Gasteiger partial charge in [-0.15, -0.1) is 0 Å². The molecule has 4 heteroatoms. The fourth-order valence-corrected chi connectivity index (χ4v) is 2.37. The van der Waals surface area contributed by atoms with Crippen LogP contribution in [0.15, 0.2) is 23.3 Å². The second-order valence-corrected chi connectivity index (χ2v) is 6.02. The molecule has 4 nitrogen and oxygen atoms in total. The zero-order chi connectivity index (χ0) is 14.3. The number of benzene rings is 1. The molecule has 1 aliphatic heterocycles. The van der Waals surface area contributed by atoms with Crippen LogP contribution < -0.4 is 10.3 Å². The molecule has 1 fully saturated rings. The largest absolute Gasteiger partial charge is 0.349 e. The molecular formula is C16H21N3O. The standard InChI is InChI=1S/C16H21N3O/c1-4-16(3)10-17-19(16)14-9-12(6-5-11(14)2)15(20)18-13-7-8-13/h5-6,9-10,13H,4,7-8H2,1-3H3,(H,18,20). The summed E-state index contributed by atoms with van der Waals surface area (Å²) < 4.78 is 0. The predicted molar refractivity (Wildman–Crippen MR) is 81.3 cm³/mol. The molecule has 0 radical (unpaired) electrons. The summed E-state index contributed by atoms with van der Waals surface area (Å²) in [4.78, 5) is 12.2. The van der Waals surface area contributed by atoms with Crippen LogP contribution >= 0.6 is 0 Å². The average Bonchev–Trinajstić information content (AvgIpc) is 3.22. The monoisotopic (exact) mass is 271 g/mol. The molecule has 106 valence electrons. The Kier molecular flexibility index (Phi) is 3.04. The zero-order valence-corrected chi connectivity index (χ0v) is 12.3. The summed E-state index contributed by atoms with van der Waals surface area (Å²) in [6.07, 6.45) is 5.18. The molecule has 1 aromatic carbocycles. The molecule has 1 unspecified atom stereocenters. The lowest BCUT2D eigenvalue weighted by atomic mass is 9.95. The number of aryl methyl sites for hydroxylation is 1. The van der Waals surface area contributed by atoms with Crippen molar-refractivity contribution in [1.82, 2.24) is 5.32 Å². The molecule has 1 aliphatic carbocycles. The van der Waals surface area contributed by atoms with Crippen molar-refractivity contribution in [2.24, 2.45) is 5.10 Å². The summed E-state index contributed by atoms with van der Waals surface area (Å²) >= 11 is 0. The van der Waals surface area contributed by atoms with Crippen LogP contribution in [0.2, 0.25) is 0 Å². The van der Waals surface area contributed by atoms with Gasteiger partial charge in [0.2, 0.25) is 0 Å². The number of nitrogens with zero attached hydrogens (tertiary/aromatic N) is 2. The van der Waals surface area contributed by atoms with Crippen LogP contribution in [0.5, 0.6) is 0 Å². The van der Waals surface area contributed by atoms with Crippen molar-refractivity contribution in [3.05, 3.63) is 29.3 Å². The van der Waals surface area contributed by atoms with Crippen molar-refractivity contribution in [2.45, 2.75) is 51.6 Å². The van der Waals surface area contributed by atoms with E-state index in [0.29, 0.717) is 6.04 Å². The molecule has 2 aliphatic rings. The van der Waals surface area contributed by atoms with E-state index in [0.717, 1.165) is 36.1 Å². The van der Waals surface area contributed by atoms with Crippen LogP contribution in [0.4, 0.5) is 5.69 Å². The highest BCUT2D eigenvalue weighted by Gasteiger charge is 2.36. The van der Waals surface area contributed by atoms with Crippen LogP contribution in [0.25, 0.3) is 0 Å². The maximum atomic E-state index is 12.2. The third-order valence-corrected chi connectivity index (χ3v) is 4.26. The van der Waals surface area contributed by atoms with Gasteiger partial charge in [-0.05, 0) is 50.8 Å². The van der Waals surface area contributed by atoms with Crippen molar-refractivity contribution >= 4 is 17.8 Å². The Morgan fingerprint density at radius 3 is 2.80 bits per heavy atom. The van der Waals surface area contributed by atoms with Gasteiger partial charge in [0, 0.05) is 11.6 Å². The van der Waals surface area contributed by atoms with Crippen LogP contribution in [-0.4, -0.2) is 23.7 Å². The summed E-state index contributed by atoms with van der Waals surface area (Å²) in [6, 6.07) is 6.23. The summed E-state index contributed by atoms with van der Waals surface area (Å²) in [5.74, 6) is 0.0245. The van der Waals surface area contributed by atoms with E-state index >= 15 is 0 Å². The third kappa shape index (κ3) is 2.19. The third-order valence-electron chi connectivity index (χ3n) is 4.26. The molecule has 20 heavy (non-hydrogen) atoms. The molecule has 3 rings (SSSR count). The molecule has 0 bridgehead atoms. The number of carbonyl (C=O) groups is 1. The minimum absolute atomic E-state index is 0.0245. The number of hydrogen-bond donors (Lipinski definition) is 1. The van der Waals surface area contributed by atoms with E-state index < -0.39 is 0 Å². The number of hydrazone groups is 1. The number of carbonyl (C=O) groups excluding carboxylic acids is 1. The summed E-state index contributed by atoms with van der Waals surface area (Å²) in [5, 5.41) is 9.43. The highest BCUT2D eigenvalue weighted by atomic mass is 16.1. The quantitative estimate of drug-likeness (QED) is 0.915. The minimum atomic E-state index is -0.0314. The molecular weight excluding hydrogens is 250 g/mol. The molecule has 0 aromatic heterocycles. The first kappa shape index (κ1) is 13.2. The van der Waals surface area contributed by atoms with Crippen molar-refractivity contribution in [3.8, 4) is 0 Å². The second kappa shape index (κ2) is 4.62. The zero-order valence-electron chi connectivity index (χ0n) is 12.3. The maximum Gasteiger partial charge on any atom is 0.251 e. The van der Waals surface area contributed by atoms with Gasteiger partial charge in [-0.2, -0.15) is 5.10 Å². The Bertz CT molecular complexity index is 577. The Balaban J connectivity index is 1.87. The van der Waals surface area contributed by atoms with Gasteiger partial charge in [0.25, 0.3) is 5.91 Å². The van der Waals surface area contributed by atoms with E-state index in [1.807, 2.05) is 29.4 Å². The van der Waals surface area contributed by atoms with Crippen LogP contribution in [0.3, 0.4) is 0 Å². The second-order valence-electron chi connectivity index (χ2n) is 6.02. The average molecular weight is 271 g/mol. The predicted octanol–water partition coefficient (Wildman–Crippen LogP) is 2.86. The van der Waals surface area contributed by atoms with E-state index in [4.69, 9.17) is 0 Å². The van der Waals surface area contributed by atoms with Crippen LogP contribution in [0, 0.1) is 6.92 Å². The summed E-state index contributed by atoms with van der Waals surface area (Å²) in [5.41, 5.74) is 2.86. The molecule has 1 saturated carbocycles. The molecule has 1 N–H and O–H groups in total. The van der Waals surface area contributed by atoms with Gasteiger partial charge in [0.1, 0.15) is 0 Å². The van der Waals surface area contributed by atoms with Gasteiger partial charge in [-0.25, -0.2) is 0 Å². The Labute approximate surface area is 119 Å². The Morgan fingerprint density at radius 2 is 2.25 bits per heavy atom. The molecule has 1 atom stereocenters. The highest BCUT2D eigenvalue weighted by molar-refractivity contribution is 5.96. The van der Waals surface area contributed by atoms with Gasteiger partial charge in [0.05, 0.1) is 17.4 Å². The SMILES string of the molecule is CCC1(C)C=NN1c1cc(C(=O)NC2CC2)ccc1C. The smallest absolute Gasteiger partial charge is 0.251 e. The van der Waals surface area contributed by atoms with Gasteiger partial charge in [0.15, 0.2) is 0 Å². The maximum absolute atomic E-state index is 12.2. The fourth-order valence-electron chi connectivity index (χ4n) is 2.37. The summed E-state index contributed by atoms with van der Waals surface area (Å²) in [7, 11) is 0. The number of rotatable bonds is 4. The number of anilines is 1. The first-order valence-electron chi connectivity index (χ1n) is 7.30. The number of nitrogens with one attached hydrogen (secondary N) is 1. The molecule has 0 spiro atoms. The molecule has 0 saturated heterocycles. The molecule has 1 amide bonds. The van der Waals surface area contributed by atoms with Crippen molar-refractivity contribution < 1.29 is 4.79 Å². The first-order valence-corrected chi connectivity index (χ1v) is 7.30. The van der Waals surface area contributed by atoms with E-state index in [-0.39, 0.29) is 11.4 Å². The van der Waals surface area contributed by atoms with E-state index in [1.54, 1.807) is 0 Å². The van der Waals surface area contributed by atoms with Crippen molar-refractivity contribution in [3.63, 3.8) is 0 Å². The number of hydrogen-bond acceptors (Lipinski definition) is 3. The fraction of sp³-hybridized carbons (Fsp3) is 0.500. The van der Waals surface area contributed by atoms with Gasteiger partial charge < -0.3 is 5.32 Å². The molecule has 1 heterocycles. The van der Waals surface area contributed by atoms with Crippen LogP contribution in [0.1, 0.15) is 49.0 Å². The van der Waals surface area contributed by atoms with E-state index in [9.17, 15) is 4.79 Å². The lowest BCUT2D eigenvalue weighted by Gasteiger charge is -2.43. The van der Waals surface area contributed by atoms with Crippen LogP contribution in [-0.2, 0) is 0 Å². The summed E-state index contributed by atoms with van der Waals surface area (Å²) in [6.45, 7) is 6.37. The van der Waals surface area contributed by atoms with Gasteiger partial charge >= 0.3 is 0 Å². The molecule has 1 aromatic rings. The normalized spacial score (nSPS) is 24.4. The highest BCUT2D eigenvalue weighted by Crippen LogP contribution is 2.34. The lowest BCUT2D eigenvalue weighted by Crippen LogP contribution is -2.52. The topological polar surface area (TPSA) is 44.7 Å². The first-order chi connectivity index (χ1) is 9.53. The number of amides is 1. The van der Waals surface area contributed by atoms with Crippen molar-refractivity contribution in [2.75, 3.05) is 5.01 Å². The van der Waals surface area contributed by atoms with Gasteiger partial charge in [-0.3, -0.25) is 9.80 Å². The minimum Gasteiger partial charge on any atom is -0.349 e.